The quantitative estimate of drug-likeness (QED) is 0.636. The van der Waals surface area contributed by atoms with Gasteiger partial charge in [-0.3, -0.25) is 9.79 Å². The fraction of sp³-hybridized carbons (Fsp3) is 0.556. The predicted octanol–water partition coefficient (Wildman–Crippen LogP) is 2.03. The van der Waals surface area contributed by atoms with Crippen LogP contribution < -0.4 is 15.4 Å². The van der Waals surface area contributed by atoms with Gasteiger partial charge < -0.3 is 20.3 Å². The fourth-order valence-corrected chi connectivity index (χ4v) is 3.96. The Balaban J connectivity index is 1.66. The monoisotopic (exact) mass is 364 g/mol. The van der Waals surface area contributed by atoms with E-state index in [2.05, 4.69) is 20.5 Å². The topological polar surface area (TPSA) is 66.0 Å². The highest BCUT2D eigenvalue weighted by Crippen LogP contribution is 2.36. The first-order valence-corrected chi connectivity index (χ1v) is 8.98. The van der Waals surface area contributed by atoms with Crippen LogP contribution >= 0.6 is 11.6 Å². The summed E-state index contributed by atoms with van der Waals surface area (Å²) in [5.74, 6) is 1.78. The van der Waals surface area contributed by atoms with Crippen LogP contribution in [0.1, 0.15) is 24.8 Å². The summed E-state index contributed by atoms with van der Waals surface area (Å²) in [5.41, 5.74) is 1.07. The molecule has 2 N–H and O–H groups in total. The lowest BCUT2D eigenvalue weighted by Crippen LogP contribution is -2.51. The third-order valence-electron chi connectivity index (χ3n) is 5.05. The van der Waals surface area contributed by atoms with Crippen LogP contribution in [0.2, 0.25) is 5.02 Å². The lowest BCUT2D eigenvalue weighted by Gasteiger charge is -2.40. The summed E-state index contributed by atoms with van der Waals surface area (Å²) in [5, 5.41) is 7.05. The molecule has 1 aromatic carbocycles. The SMILES string of the molecule is CN=C(NCc1ccc(Cl)cc1OC)N1CCCC2(CNC(=O)C2)C1. The molecule has 0 bridgehead atoms. The average molecular weight is 365 g/mol. The van der Waals surface area contributed by atoms with Crippen molar-refractivity contribution in [3.63, 3.8) is 0 Å². The molecule has 7 heteroatoms. The van der Waals surface area contributed by atoms with Gasteiger partial charge in [-0.25, -0.2) is 0 Å². The Morgan fingerprint density at radius 1 is 1.52 bits per heavy atom. The Hall–Kier alpha value is -1.95. The maximum absolute atomic E-state index is 11.7. The molecule has 25 heavy (non-hydrogen) atoms. The van der Waals surface area contributed by atoms with Gasteiger partial charge in [0.1, 0.15) is 5.75 Å². The number of carbonyl (C=O) groups is 1. The Morgan fingerprint density at radius 3 is 3.04 bits per heavy atom. The van der Waals surface area contributed by atoms with Gasteiger partial charge in [-0.1, -0.05) is 17.7 Å². The predicted molar refractivity (Wildman–Crippen MR) is 99.1 cm³/mol. The smallest absolute Gasteiger partial charge is 0.220 e. The van der Waals surface area contributed by atoms with E-state index >= 15 is 0 Å². The second kappa shape index (κ2) is 7.52. The molecule has 136 valence electrons. The molecule has 2 saturated heterocycles. The minimum Gasteiger partial charge on any atom is -0.496 e. The van der Waals surface area contributed by atoms with E-state index in [1.807, 2.05) is 18.2 Å². The number of halogens is 1. The number of piperidine rings is 1. The van der Waals surface area contributed by atoms with Crippen molar-refractivity contribution in [2.75, 3.05) is 33.8 Å². The summed E-state index contributed by atoms with van der Waals surface area (Å²) < 4.78 is 5.40. The largest absolute Gasteiger partial charge is 0.496 e. The zero-order chi connectivity index (χ0) is 17.9. The molecule has 2 aliphatic rings. The summed E-state index contributed by atoms with van der Waals surface area (Å²) >= 11 is 6.02. The minimum atomic E-state index is 0.0465. The second-order valence-corrected chi connectivity index (χ2v) is 7.27. The van der Waals surface area contributed by atoms with Gasteiger partial charge in [0, 0.05) is 55.6 Å². The van der Waals surface area contributed by atoms with Crippen LogP contribution in [0.15, 0.2) is 23.2 Å². The van der Waals surface area contributed by atoms with E-state index in [-0.39, 0.29) is 11.3 Å². The molecule has 2 fully saturated rings. The van der Waals surface area contributed by atoms with E-state index in [1.54, 1.807) is 14.2 Å². The van der Waals surface area contributed by atoms with Crippen LogP contribution in [-0.2, 0) is 11.3 Å². The molecule has 1 amide bonds. The Labute approximate surface area is 153 Å². The number of guanidine groups is 1. The van der Waals surface area contributed by atoms with Crippen molar-refractivity contribution in [3.8, 4) is 5.75 Å². The van der Waals surface area contributed by atoms with Crippen LogP contribution in [0.25, 0.3) is 0 Å². The molecule has 0 radical (unpaired) electrons. The highest BCUT2D eigenvalue weighted by atomic mass is 35.5. The molecule has 0 saturated carbocycles. The van der Waals surface area contributed by atoms with Gasteiger partial charge in [0.25, 0.3) is 0 Å². The fourth-order valence-electron chi connectivity index (χ4n) is 3.80. The standard InChI is InChI=1S/C18H25ClN4O2/c1-20-17(21-10-13-4-5-14(19)8-15(13)25-2)23-7-3-6-18(12-23)9-16(24)22-11-18/h4-5,8H,3,6-7,9-12H2,1-2H3,(H,20,21)(H,22,24). The molecule has 0 aliphatic carbocycles. The van der Waals surface area contributed by atoms with Gasteiger partial charge in [-0.05, 0) is 25.0 Å². The summed E-state index contributed by atoms with van der Waals surface area (Å²) in [4.78, 5) is 18.4. The van der Waals surface area contributed by atoms with Crippen molar-refractivity contribution >= 4 is 23.5 Å². The molecule has 6 nitrogen and oxygen atoms in total. The molecule has 1 aromatic rings. The summed E-state index contributed by atoms with van der Waals surface area (Å²) in [6, 6.07) is 5.63. The van der Waals surface area contributed by atoms with E-state index in [9.17, 15) is 4.79 Å². The van der Waals surface area contributed by atoms with Crippen molar-refractivity contribution in [3.05, 3.63) is 28.8 Å². The highest BCUT2D eigenvalue weighted by Gasteiger charge is 2.42. The first-order chi connectivity index (χ1) is 12.0. The van der Waals surface area contributed by atoms with Crippen molar-refractivity contribution in [1.29, 1.82) is 0 Å². The van der Waals surface area contributed by atoms with Gasteiger partial charge in [0.05, 0.1) is 7.11 Å². The van der Waals surface area contributed by atoms with Gasteiger partial charge in [0.2, 0.25) is 5.91 Å². The van der Waals surface area contributed by atoms with Crippen molar-refractivity contribution in [2.24, 2.45) is 10.4 Å². The summed E-state index contributed by atoms with van der Waals surface area (Å²) in [7, 11) is 3.43. The maximum atomic E-state index is 11.7. The highest BCUT2D eigenvalue weighted by molar-refractivity contribution is 6.30. The van der Waals surface area contributed by atoms with Crippen LogP contribution in [-0.4, -0.2) is 50.6 Å². The number of hydrogen-bond donors (Lipinski definition) is 2. The molecule has 2 aliphatic heterocycles. The molecule has 1 atom stereocenters. The number of hydrogen-bond acceptors (Lipinski definition) is 3. The lowest BCUT2D eigenvalue weighted by molar-refractivity contribution is -0.119. The van der Waals surface area contributed by atoms with Gasteiger partial charge in [0.15, 0.2) is 5.96 Å². The van der Waals surface area contributed by atoms with Gasteiger partial charge >= 0.3 is 0 Å². The van der Waals surface area contributed by atoms with E-state index in [0.29, 0.717) is 18.0 Å². The number of amides is 1. The third kappa shape index (κ3) is 4.00. The number of benzene rings is 1. The Morgan fingerprint density at radius 2 is 2.36 bits per heavy atom. The number of carbonyl (C=O) groups excluding carboxylic acids is 1. The zero-order valence-corrected chi connectivity index (χ0v) is 15.5. The molecular weight excluding hydrogens is 340 g/mol. The molecule has 0 aromatic heterocycles. The van der Waals surface area contributed by atoms with E-state index < -0.39 is 0 Å². The van der Waals surface area contributed by atoms with E-state index in [4.69, 9.17) is 16.3 Å². The number of likely N-dealkylation sites (tertiary alicyclic amines) is 1. The zero-order valence-electron chi connectivity index (χ0n) is 14.8. The maximum Gasteiger partial charge on any atom is 0.220 e. The van der Waals surface area contributed by atoms with E-state index in [1.165, 1.54) is 0 Å². The molecule has 1 spiro atoms. The van der Waals surface area contributed by atoms with Gasteiger partial charge in [-0.2, -0.15) is 0 Å². The Kier molecular flexibility index (Phi) is 5.37. The number of aliphatic imine (C=N–C) groups is 1. The third-order valence-corrected chi connectivity index (χ3v) is 5.29. The number of rotatable bonds is 3. The molecule has 3 rings (SSSR count). The van der Waals surface area contributed by atoms with Crippen LogP contribution in [0.4, 0.5) is 0 Å². The average Bonchev–Trinajstić information content (AvgIpc) is 2.96. The first kappa shape index (κ1) is 17.9. The molecular formula is C18H25ClN4O2. The lowest BCUT2D eigenvalue weighted by atomic mass is 9.79. The second-order valence-electron chi connectivity index (χ2n) is 6.84. The van der Waals surface area contributed by atoms with Crippen LogP contribution in [0.5, 0.6) is 5.75 Å². The summed E-state index contributed by atoms with van der Waals surface area (Å²) in [6.45, 7) is 3.18. The minimum absolute atomic E-state index is 0.0465. The molecule has 2 heterocycles. The number of nitrogens with one attached hydrogen (secondary N) is 2. The van der Waals surface area contributed by atoms with Gasteiger partial charge in [-0.15, -0.1) is 0 Å². The van der Waals surface area contributed by atoms with Crippen LogP contribution in [0, 0.1) is 5.41 Å². The van der Waals surface area contributed by atoms with Crippen molar-refractivity contribution in [2.45, 2.75) is 25.8 Å². The molecule has 1 unspecified atom stereocenters. The number of methoxy groups -OCH3 is 1. The first-order valence-electron chi connectivity index (χ1n) is 8.60. The van der Waals surface area contributed by atoms with E-state index in [0.717, 1.165) is 49.7 Å². The number of ether oxygens (including phenoxy) is 1. The summed E-state index contributed by atoms with van der Waals surface area (Å²) in [6.07, 6.45) is 2.77. The number of nitrogens with zero attached hydrogens (tertiary/aromatic N) is 2. The van der Waals surface area contributed by atoms with Crippen LogP contribution in [0.3, 0.4) is 0 Å². The van der Waals surface area contributed by atoms with Crippen molar-refractivity contribution < 1.29 is 9.53 Å². The normalized spacial score (nSPS) is 23.7. The Bertz CT molecular complexity index is 679. The van der Waals surface area contributed by atoms with Crippen molar-refractivity contribution in [1.82, 2.24) is 15.5 Å².